The predicted octanol–water partition coefficient (Wildman–Crippen LogP) is 2.53. The number of rotatable bonds is 2. The molecule has 114 valence electrons. The third-order valence-corrected chi connectivity index (χ3v) is 3.89. The van der Waals surface area contributed by atoms with E-state index in [4.69, 9.17) is 0 Å². The first-order valence-corrected chi connectivity index (χ1v) is 8.28. The van der Waals surface area contributed by atoms with E-state index in [0.29, 0.717) is 11.5 Å². The third kappa shape index (κ3) is 4.49. The van der Waals surface area contributed by atoms with Gasteiger partial charge in [0.15, 0.2) is 0 Å². The number of amidine groups is 2. The molecule has 2 aliphatic heterocycles. The Balaban J connectivity index is 0.000000160. The zero-order chi connectivity index (χ0) is 15.4. The van der Waals surface area contributed by atoms with Crippen molar-refractivity contribution in [3.63, 3.8) is 0 Å². The van der Waals surface area contributed by atoms with Gasteiger partial charge < -0.3 is 0 Å². The van der Waals surface area contributed by atoms with E-state index in [2.05, 4.69) is 45.2 Å². The first kappa shape index (κ1) is 18.3. The molecule has 2 heterocycles. The molecule has 2 unspecified atom stereocenters. The molecule has 23 heavy (non-hydrogen) atoms. The van der Waals surface area contributed by atoms with Gasteiger partial charge in [0.2, 0.25) is 0 Å². The fourth-order valence-electron chi connectivity index (χ4n) is 2.30. The van der Waals surface area contributed by atoms with Crippen LogP contribution in [0.4, 0.5) is 0 Å². The Morgan fingerprint density at radius 1 is 0.739 bits per heavy atom. The second-order valence-electron chi connectivity index (χ2n) is 4.86. The van der Waals surface area contributed by atoms with Crippen LogP contribution in [-0.2, 0) is 19.5 Å². The van der Waals surface area contributed by atoms with E-state index in [1.165, 1.54) is 0 Å². The molecule has 2 atom stereocenters. The molecule has 4 nitrogen and oxygen atoms in total. The number of aliphatic imine (C=N–C) groups is 4. The Bertz CT molecular complexity index is 639. The van der Waals surface area contributed by atoms with Crippen LogP contribution in [0.3, 0.4) is 0 Å². The topological polar surface area (TPSA) is 49.4 Å². The van der Waals surface area contributed by atoms with Gasteiger partial charge in [-0.25, -0.2) is 9.98 Å². The number of thiol groups is 2. The number of nitrogens with zero attached hydrogens (tertiary/aromatic N) is 4. The number of hydrogen-bond acceptors (Lipinski definition) is 6. The zero-order valence-corrected chi connectivity index (χ0v) is 17.3. The Morgan fingerprint density at radius 2 is 1.17 bits per heavy atom. The summed E-state index contributed by atoms with van der Waals surface area (Å²) in [5, 5.41) is 0. The van der Waals surface area contributed by atoms with E-state index < -0.39 is 0 Å². The van der Waals surface area contributed by atoms with Crippen molar-refractivity contribution in [3.8, 4) is 0 Å². The molecular weight excluding hydrogens is 378 g/mol. The van der Waals surface area contributed by atoms with Crippen LogP contribution in [-0.4, -0.2) is 46.7 Å². The Morgan fingerprint density at radius 3 is 1.52 bits per heavy atom. The van der Waals surface area contributed by atoms with Crippen molar-refractivity contribution >= 4 is 48.4 Å². The molecule has 0 aromatic carbocycles. The van der Waals surface area contributed by atoms with Gasteiger partial charge in [0, 0.05) is 19.5 Å². The maximum atomic E-state index is 4.33. The summed E-state index contributed by atoms with van der Waals surface area (Å²) in [4.78, 5) is 17.2. The van der Waals surface area contributed by atoms with Crippen molar-refractivity contribution in [1.29, 1.82) is 0 Å². The Kier molecular flexibility index (Phi) is 6.94. The van der Waals surface area contributed by atoms with Crippen LogP contribution in [0.5, 0.6) is 0 Å². The van der Waals surface area contributed by atoms with Gasteiger partial charge in [-0.15, -0.1) is 0 Å². The maximum Gasteiger partial charge on any atom is 0.134 e. The molecule has 0 radical (unpaired) electrons. The van der Waals surface area contributed by atoms with E-state index in [1.807, 2.05) is 48.6 Å². The monoisotopic (exact) mass is 392 g/mol. The molecule has 0 aromatic rings. The van der Waals surface area contributed by atoms with Gasteiger partial charge in [0.1, 0.15) is 23.8 Å². The van der Waals surface area contributed by atoms with Crippen molar-refractivity contribution in [2.45, 2.75) is 12.1 Å². The first-order valence-electron chi connectivity index (χ1n) is 7.02. The van der Waals surface area contributed by atoms with Gasteiger partial charge in [-0.05, 0) is 12.2 Å². The molecule has 0 saturated carbocycles. The molecule has 0 saturated heterocycles. The summed E-state index contributed by atoms with van der Waals surface area (Å²) in [5.41, 5.74) is 2.08. The minimum atomic E-state index is 0. The van der Waals surface area contributed by atoms with Crippen LogP contribution in [0.15, 0.2) is 68.6 Å². The molecule has 0 aromatic heterocycles. The minimum absolute atomic E-state index is 0. The van der Waals surface area contributed by atoms with E-state index in [1.54, 1.807) is 0 Å². The van der Waals surface area contributed by atoms with E-state index >= 15 is 0 Å². The van der Waals surface area contributed by atoms with Gasteiger partial charge in [0.05, 0.1) is 22.9 Å². The molecule has 0 N–H and O–H groups in total. The van der Waals surface area contributed by atoms with Crippen LogP contribution < -0.4 is 0 Å². The van der Waals surface area contributed by atoms with E-state index in [-0.39, 0.29) is 31.6 Å². The molecule has 0 amide bonds. The quantitative estimate of drug-likeness (QED) is 0.535. The number of fused-ring (bicyclic) bond motifs is 2. The van der Waals surface area contributed by atoms with Crippen molar-refractivity contribution in [2.75, 3.05) is 11.5 Å². The fourth-order valence-corrected chi connectivity index (χ4v) is 2.60. The van der Waals surface area contributed by atoms with Crippen LogP contribution in [0.1, 0.15) is 0 Å². The summed E-state index contributed by atoms with van der Waals surface area (Å²) in [5.74, 6) is 2.93. The van der Waals surface area contributed by atoms with Crippen LogP contribution in [0.25, 0.3) is 0 Å². The predicted molar refractivity (Wildman–Crippen MR) is 102 cm³/mol. The van der Waals surface area contributed by atoms with Crippen LogP contribution in [0, 0.1) is 0 Å². The van der Waals surface area contributed by atoms with Crippen LogP contribution >= 0.6 is 25.3 Å². The average Bonchev–Trinajstić information content (AvgIpc) is 3.18. The van der Waals surface area contributed by atoms with E-state index in [0.717, 1.165) is 23.1 Å². The summed E-state index contributed by atoms with van der Waals surface area (Å²) >= 11 is 8.22. The molecule has 0 spiro atoms. The van der Waals surface area contributed by atoms with Gasteiger partial charge in [-0.1, -0.05) is 36.5 Å². The van der Waals surface area contributed by atoms with E-state index in [9.17, 15) is 0 Å². The number of hydrogen-bond donors (Lipinski definition) is 2. The molecule has 0 bridgehead atoms. The molecule has 2 aliphatic carbocycles. The summed E-state index contributed by atoms with van der Waals surface area (Å²) in [6, 6.07) is 0.337. The summed E-state index contributed by atoms with van der Waals surface area (Å²) < 4.78 is 0. The first-order chi connectivity index (χ1) is 10.8. The normalized spacial score (nSPS) is 25.3. The Labute approximate surface area is 159 Å². The third-order valence-electron chi connectivity index (χ3n) is 3.32. The SMILES string of the molecule is SCC1=NC2C=CC=CC2=N1.SCC1=NC2C=CC=CC2=N1.[Zn]. The standard InChI is InChI=1S/2C8H8N2S.Zn/c2*11-5-8-9-6-3-1-2-4-7(6)10-8;/h2*1-4,6,11H,5H2;. The Hall–Kier alpha value is -1.04. The zero-order valence-electron chi connectivity index (χ0n) is 12.6. The van der Waals surface area contributed by atoms with Gasteiger partial charge in [0.25, 0.3) is 0 Å². The smallest absolute Gasteiger partial charge is 0.134 e. The molecule has 4 aliphatic rings. The van der Waals surface area contributed by atoms with Crippen molar-refractivity contribution < 1.29 is 19.5 Å². The van der Waals surface area contributed by atoms with Crippen LogP contribution in [0.2, 0.25) is 0 Å². The number of allylic oxidation sites excluding steroid dienone is 4. The minimum Gasteiger partial charge on any atom is -0.256 e. The molecular formula is C16H16N4S2Zn. The van der Waals surface area contributed by atoms with Crippen molar-refractivity contribution in [2.24, 2.45) is 20.0 Å². The van der Waals surface area contributed by atoms with Gasteiger partial charge >= 0.3 is 0 Å². The summed E-state index contributed by atoms with van der Waals surface area (Å²) in [6.45, 7) is 0. The summed E-state index contributed by atoms with van der Waals surface area (Å²) in [7, 11) is 0. The second kappa shape index (κ2) is 8.71. The molecule has 4 rings (SSSR count). The maximum absolute atomic E-state index is 4.33. The molecule has 7 heteroatoms. The fraction of sp³-hybridized carbons (Fsp3) is 0.250. The van der Waals surface area contributed by atoms with Crippen molar-refractivity contribution in [3.05, 3.63) is 48.6 Å². The van der Waals surface area contributed by atoms with Gasteiger partial charge in [-0.2, -0.15) is 25.3 Å². The average molecular weight is 394 g/mol. The van der Waals surface area contributed by atoms with Gasteiger partial charge in [-0.3, -0.25) is 9.98 Å². The summed E-state index contributed by atoms with van der Waals surface area (Å²) in [6.07, 6.45) is 16.0. The second-order valence-corrected chi connectivity index (χ2v) is 5.49. The molecule has 0 fully saturated rings. The van der Waals surface area contributed by atoms with Crippen molar-refractivity contribution in [1.82, 2.24) is 0 Å². The largest absolute Gasteiger partial charge is 0.256 e.